The quantitative estimate of drug-likeness (QED) is 0.433. The molecular weight excluding hydrogens is 390 g/mol. The number of aldehydes is 1. The van der Waals surface area contributed by atoms with Crippen molar-refractivity contribution in [1.82, 2.24) is 5.32 Å². The predicted octanol–water partition coefficient (Wildman–Crippen LogP) is 3.39. The van der Waals surface area contributed by atoms with E-state index in [9.17, 15) is 14.4 Å². The number of amides is 1. The Balaban J connectivity index is 1.53. The third-order valence-corrected chi connectivity index (χ3v) is 4.96. The van der Waals surface area contributed by atoms with Crippen LogP contribution in [0.15, 0.2) is 72.1 Å². The third-order valence-electron chi connectivity index (χ3n) is 4.02. The molecular formula is C22H19NO5S. The summed E-state index contributed by atoms with van der Waals surface area (Å²) in [5.41, 5.74) is 1.27. The monoisotopic (exact) mass is 409 g/mol. The zero-order valence-electron chi connectivity index (χ0n) is 15.4. The van der Waals surface area contributed by atoms with Gasteiger partial charge < -0.3 is 14.8 Å². The molecule has 0 saturated heterocycles. The first-order valence-electron chi connectivity index (χ1n) is 8.87. The summed E-state index contributed by atoms with van der Waals surface area (Å²) in [6.07, 6.45) is 0.641. The fourth-order valence-electron chi connectivity index (χ4n) is 2.66. The maximum atomic E-state index is 12.3. The van der Waals surface area contributed by atoms with Gasteiger partial charge in [-0.2, -0.15) is 0 Å². The van der Waals surface area contributed by atoms with Crippen LogP contribution in [0, 0.1) is 0 Å². The number of esters is 1. The summed E-state index contributed by atoms with van der Waals surface area (Å²) in [7, 11) is 0. The van der Waals surface area contributed by atoms with Crippen molar-refractivity contribution in [2.75, 3.05) is 13.2 Å². The number of ether oxygens (including phenoxy) is 2. The molecule has 0 radical (unpaired) electrons. The van der Waals surface area contributed by atoms with E-state index < -0.39 is 25.1 Å². The molecule has 29 heavy (non-hydrogen) atoms. The number of para-hydroxylation sites is 1. The summed E-state index contributed by atoms with van der Waals surface area (Å²) >= 11 is 1.53. The van der Waals surface area contributed by atoms with Gasteiger partial charge >= 0.3 is 5.97 Å². The van der Waals surface area contributed by atoms with Crippen molar-refractivity contribution in [2.45, 2.75) is 6.04 Å². The Morgan fingerprint density at radius 1 is 0.966 bits per heavy atom. The first-order valence-corrected chi connectivity index (χ1v) is 9.75. The summed E-state index contributed by atoms with van der Waals surface area (Å²) in [4.78, 5) is 36.2. The van der Waals surface area contributed by atoms with Crippen molar-refractivity contribution in [3.05, 3.63) is 88.1 Å². The smallest absolute Gasteiger partial charge is 0.344 e. The Hall–Kier alpha value is -3.45. The van der Waals surface area contributed by atoms with Gasteiger partial charge in [-0.25, -0.2) is 4.79 Å². The van der Waals surface area contributed by atoms with Crippen LogP contribution in [0.1, 0.15) is 26.8 Å². The lowest BCUT2D eigenvalue weighted by molar-refractivity contribution is -0.150. The molecule has 148 valence electrons. The van der Waals surface area contributed by atoms with Crippen LogP contribution >= 0.6 is 11.3 Å². The highest BCUT2D eigenvalue weighted by Crippen LogP contribution is 2.25. The van der Waals surface area contributed by atoms with Crippen LogP contribution in [0.25, 0.3) is 0 Å². The summed E-state index contributed by atoms with van der Waals surface area (Å²) in [5.74, 6) is -0.840. The topological polar surface area (TPSA) is 81.7 Å². The molecule has 0 saturated carbocycles. The van der Waals surface area contributed by atoms with E-state index in [4.69, 9.17) is 9.47 Å². The average molecular weight is 409 g/mol. The number of benzene rings is 2. The van der Waals surface area contributed by atoms with Crippen molar-refractivity contribution in [2.24, 2.45) is 0 Å². The van der Waals surface area contributed by atoms with Crippen molar-refractivity contribution in [3.63, 3.8) is 0 Å². The molecule has 3 rings (SSSR count). The minimum atomic E-state index is -0.701. The molecule has 0 unspecified atom stereocenters. The standard InChI is InChI=1S/C22H19NO5S/c24-13-17-9-4-5-10-18(17)27-15-21(26)28-14-20(25)23-22(19-11-6-12-29-19)16-7-2-1-3-8-16/h1-13,22H,14-15H2,(H,23,25)/t22-/m0/s1. The maximum absolute atomic E-state index is 12.3. The Morgan fingerprint density at radius 2 is 1.72 bits per heavy atom. The zero-order chi connectivity index (χ0) is 20.5. The van der Waals surface area contributed by atoms with Crippen LogP contribution in [0.3, 0.4) is 0 Å². The van der Waals surface area contributed by atoms with Gasteiger partial charge in [0.2, 0.25) is 0 Å². The molecule has 2 aromatic carbocycles. The summed E-state index contributed by atoms with van der Waals surface area (Å²) < 4.78 is 10.3. The summed E-state index contributed by atoms with van der Waals surface area (Å²) in [6.45, 7) is -0.822. The zero-order valence-corrected chi connectivity index (χ0v) is 16.3. The lowest BCUT2D eigenvalue weighted by atomic mass is 10.1. The van der Waals surface area contributed by atoms with E-state index in [1.807, 2.05) is 47.8 Å². The second-order valence-corrected chi connectivity index (χ2v) is 7.01. The third kappa shape index (κ3) is 5.76. The molecule has 0 fully saturated rings. The van der Waals surface area contributed by atoms with Gasteiger partial charge in [-0.15, -0.1) is 11.3 Å². The second kappa shape index (κ2) is 10.2. The van der Waals surface area contributed by atoms with E-state index in [0.29, 0.717) is 11.8 Å². The minimum Gasteiger partial charge on any atom is -0.481 e. The van der Waals surface area contributed by atoms with Crippen LogP contribution in [-0.4, -0.2) is 31.4 Å². The normalized spacial score (nSPS) is 11.3. The van der Waals surface area contributed by atoms with Crippen molar-refractivity contribution in [3.8, 4) is 5.75 Å². The molecule has 3 aromatic rings. The van der Waals surface area contributed by atoms with Crippen LogP contribution < -0.4 is 10.1 Å². The van der Waals surface area contributed by atoms with Crippen LogP contribution in [0.4, 0.5) is 0 Å². The molecule has 1 heterocycles. The Bertz CT molecular complexity index is 956. The Kier molecular flexibility index (Phi) is 7.13. The molecule has 1 aromatic heterocycles. The number of carbonyl (C=O) groups is 3. The van der Waals surface area contributed by atoms with E-state index in [1.165, 1.54) is 11.3 Å². The van der Waals surface area contributed by atoms with E-state index in [1.54, 1.807) is 24.3 Å². The lowest BCUT2D eigenvalue weighted by Crippen LogP contribution is -2.33. The maximum Gasteiger partial charge on any atom is 0.344 e. The number of carbonyl (C=O) groups excluding carboxylic acids is 3. The lowest BCUT2D eigenvalue weighted by Gasteiger charge is -2.18. The highest BCUT2D eigenvalue weighted by molar-refractivity contribution is 7.10. The number of hydrogen-bond donors (Lipinski definition) is 1. The number of nitrogens with one attached hydrogen (secondary N) is 1. The van der Waals surface area contributed by atoms with Gasteiger partial charge in [0.1, 0.15) is 5.75 Å². The largest absolute Gasteiger partial charge is 0.481 e. The predicted molar refractivity (Wildman–Crippen MR) is 109 cm³/mol. The van der Waals surface area contributed by atoms with Crippen LogP contribution in [0.5, 0.6) is 5.75 Å². The molecule has 0 spiro atoms. The fourth-order valence-corrected chi connectivity index (χ4v) is 3.46. The van der Waals surface area contributed by atoms with E-state index >= 15 is 0 Å². The highest BCUT2D eigenvalue weighted by Gasteiger charge is 2.18. The molecule has 1 amide bonds. The molecule has 0 bridgehead atoms. The van der Waals surface area contributed by atoms with Gasteiger partial charge in [0.05, 0.1) is 11.6 Å². The van der Waals surface area contributed by atoms with Gasteiger partial charge in [-0.3, -0.25) is 9.59 Å². The van der Waals surface area contributed by atoms with Crippen molar-refractivity contribution < 1.29 is 23.9 Å². The fraction of sp³-hybridized carbons (Fsp3) is 0.136. The van der Waals surface area contributed by atoms with E-state index in [-0.39, 0.29) is 11.8 Å². The second-order valence-electron chi connectivity index (χ2n) is 6.03. The van der Waals surface area contributed by atoms with Crippen LogP contribution in [0.2, 0.25) is 0 Å². The molecule has 6 nitrogen and oxygen atoms in total. The summed E-state index contributed by atoms with van der Waals surface area (Å²) in [5, 5.41) is 4.83. The molecule has 0 aliphatic rings. The first kappa shape index (κ1) is 20.3. The van der Waals surface area contributed by atoms with Gasteiger partial charge in [0.25, 0.3) is 5.91 Å². The SMILES string of the molecule is O=Cc1ccccc1OCC(=O)OCC(=O)N[C@@H](c1ccccc1)c1cccs1. The van der Waals surface area contributed by atoms with Gasteiger partial charge in [-0.1, -0.05) is 48.5 Å². The minimum absolute atomic E-state index is 0.283. The van der Waals surface area contributed by atoms with E-state index in [0.717, 1.165) is 10.4 Å². The first-order chi connectivity index (χ1) is 14.2. The molecule has 7 heteroatoms. The van der Waals surface area contributed by atoms with Gasteiger partial charge in [0.15, 0.2) is 19.5 Å². The molecule has 1 atom stereocenters. The molecule has 0 aliphatic carbocycles. The van der Waals surface area contributed by atoms with Crippen molar-refractivity contribution >= 4 is 29.5 Å². The summed E-state index contributed by atoms with van der Waals surface area (Å²) in [6, 6.07) is 19.6. The highest BCUT2D eigenvalue weighted by atomic mass is 32.1. The van der Waals surface area contributed by atoms with Crippen LogP contribution in [-0.2, 0) is 14.3 Å². The van der Waals surface area contributed by atoms with Crippen molar-refractivity contribution in [1.29, 1.82) is 0 Å². The average Bonchev–Trinajstić information content (AvgIpc) is 3.30. The number of thiophene rings is 1. The molecule has 1 N–H and O–H groups in total. The number of hydrogen-bond acceptors (Lipinski definition) is 6. The Labute approximate surface area is 172 Å². The van der Waals surface area contributed by atoms with Gasteiger partial charge in [0, 0.05) is 4.88 Å². The number of rotatable bonds is 9. The van der Waals surface area contributed by atoms with Gasteiger partial charge in [-0.05, 0) is 29.1 Å². The van der Waals surface area contributed by atoms with E-state index in [2.05, 4.69) is 5.32 Å². The Morgan fingerprint density at radius 3 is 2.45 bits per heavy atom. The molecule has 0 aliphatic heterocycles.